The molecule has 2 aromatic heterocycles. The molecule has 1 saturated carbocycles. The van der Waals surface area contributed by atoms with Gasteiger partial charge in [0.25, 0.3) is 0 Å². The molecule has 1 aromatic carbocycles. The highest BCUT2D eigenvalue weighted by atomic mass is 16.5. The van der Waals surface area contributed by atoms with Gasteiger partial charge in [-0.1, -0.05) is 25.7 Å². The Morgan fingerprint density at radius 2 is 2.03 bits per heavy atom. The van der Waals surface area contributed by atoms with Crippen LogP contribution in [-0.4, -0.2) is 32.6 Å². The van der Waals surface area contributed by atoms with E-state index in [0.717, 1.165) is 23.4 Å². The first kappa shape index (κ1) is 19.4. The normalized spacial score (nSPS) is 15.5. The number of fused-ring (bicyclic) bond motifs is 1. The molecule has 4 rings (SSSR count). The second kappa shape index (κ2) is 8.59. The van der Waals surface area contributed by atoms with Crippen molar-refractivity contribution in [3.8, 4) is 17.0 Å². The third-order valence-corrected chi connectivity index (χ3v) is 5.65. The van der Waals surface area contributed by atoms with E-state index >= 15 is 0 Å². The van der Waals surface area contributed by atoms with E-state index in [1.54, 1.807) is 18.0 Å². The van der Waals surface area contributed by atoms with E-state index in [9.17, 15) is 4.79 Å². The van der Waals surface area contributed by atoms with Crippen LogP contribution in [0.2, 0.25) is 0 Å². The second-order valence-electron chi connectivity index (χ2n) is 7.75. The average Bonchev–Trinajstić information content (AvgIpc) is 3.41. The van der Waals surface area contributed by atoms with Gasteiger partial charge in [-0.2, -0.15) is 0 Å². The van der Waals surface area contributed by atoms with Gasteiger partial charge in [-0.25, -0.2) is 14.5 Å². The SMILES string of the molecule is COc1ccc(-c2cc3nc([C@@H](C)NC(=O)CCC4CCCC4)nn3cn2)cc1. The molecule has 0 saturated heterocycles. The zero-order valence-corrected chi connectivity index (χ0v) is 17.0. The minimum absolute atomic E-state index is 0.0697. The molecule has 1 N–H and O–H groups in total. The van der Waals surface area contributed by atoms with Crippen LogP contribution in [0.4, 0.5) is 0 Å². The largest absolute Gasteiger partial charge is 0.497 e. The van der Waals surface area contributed by atoms with Crippen molar-refractivity contribution in [3.63, 3.8) is 0 Å². The lowest BCUT2D eigenvalue weighted by Crippen LogP contribution is -2.27. The van der Waals surface area contributed by atoms with E-state index in [0.29, 0.717) is 23.8 Å². The number of amides is 1. The van der Waals surface area contributed by atoms with Crippen molar-refractivity contribution in [3.05, 3.63) is 42.5 Å². The molecule has 1 aliphatic carbocycles. The number of benzene rings is 1. The van der Waals surface area contributed by atoms with Crippen LogP contribution in [0.15, 0.2) is 36.7 Å². The molecular weight excluding hydrogens is 366 g/mol. The van der Waals surface area contributed by atoms with Gasteiger partial charge in [0.15, 0.2) is 11.5 Å². The number of hydrogen-bond donors (Lipinski definition) is 1. The summed E-state index contributed by atoms with van der Waals surface area (Å²) in [6.07, 6.45) is 8.35. The van der Waals surface area contributed by atoms with Crippen LogP contribution in [-0.2, 0) is 4.79 Å². The van der Waals surface area contributed by atoms with Crippen molar-refractivity contribution < 1.29 is 9.53 Å². The van der Waals surface area contributed by atoms with Crippen molar-refractivity contribution in [2.75, 3.05) is 7.11 Å². The monoisotopic (exact) mass is 393 g/mol. The third kappa shape index (κ3) is 4.55. The molecule has 3 aromatic rings. The molecule has 0 aliphatic heterocycles. The van der Waals surface area contributed by atoms with Gasteiger partial charge in [0.1, 0.15) is 12.1 Å². The van der Waals surface area contributed by atoms with E-state index < -0.39 is 0 Å². The number of carbonyl (C=O) groups excluding carboxylic acids is 1. The number of rotatable bonds is 7. The van der Waals surface area contributed by atoms with Crippen molar-refractivity contribution in [1.29, 1.82) is 0 Å². The molecule has 0 unspecified atom stereocenters. The van der Waals surface area contributed by atoms with E-state index in [4.69, 9.17) is 4.74 Å². The first-order valence-electron chi connectivity index (χ1n) is 10.3. The quantitative estimate of drug-likeness (QED) is 0.657. The Labute approximate surface area is 170 Å². The predicted octanol–water partition coefficient (Wildman–Crippen LogP) is 3.95. The summed E-state index contributed by atoms with van der Waals surface area (Å²) in [6.45, 7) is 1.92. The molecule has 1 atom stereocenters. The van der Waals surface area contributed by atoms with Crippen LogP contribution in [0.25, 0.3) is 16.9 Å². The standard InChI is InChI=1S/C22H27N5O2/c1-15(24-21(28)12-7-16-5-3-4-6-16)22-25-20-13-19(23-14-27(20)26-22)17-8-10-18(29-2)11-9-17/h8-11,13-16H,3-7,12H2,1-2H3,(H,24,28)/t15-/m1/s1. The molecule has 2 heterocycles. The minimum Gasteiger partial charge on any atom is -0.497 e. The Bertz CT molecular complexity index is 977. The first-order valence-corrected chi connectivity index (χ1v) is 10.3. The molecular formula is C22H27N5O2. The summed E-state index contributed by atoms with van der Waals surface area (Å²) >= 11 is 0. The van der Waals surface area contributed by atoms with Crippen LogP contribution in [0, 0.1) is 5.92 Å². The van der Waals surface area contributed by atoms with Gasteiger partial charge in [0.2, 0.25) is 5.91 Å². The lowest BCUT2D eigenvalue weighted by atomic mass is 10.0. The topological polar surface area (TPSA) is 81.4 Å². The number of methoxy groups -OCH3 is 1. The molecule has 7 heteroatoms. The van der Waals surface area contributed by atoms with Crippen LogP contribution in [0.1, 0.15) is 57.3 Å². The third-order valence-electron chi connectivity index (χ3n) is 5.65. The molecule has 7 nitrogen and oxygen atoms in total. The van der Waals surface area contributed by atoms with Gasteiger partial charge in [0, 0.05) is 18.1 Å². The second-order valence-corrected chi connectivity index (χ2v) is 7.75. The van der Waals surface area contributed by atoms with E-state index in [1.807, 2.05) is 37.3 Å². The van der Waals surface area contributed by atoms with Gasteiger partial charge in [-0.05, 0) is 43.5 Å². The highest BCUT2D eigenvalue weighted by molar-refractivity contribution is 5.76. The fourth-order valence-electron chi connectivity index (χ4n) is 3.93. The summed E-state index contributed by atoms with van der Waals surface area (Å²) in [4.78, 5) is 21.4. The number of nitrogens with one attached hydrogen (secondary N) is 1. The zero-order valence-electron chi connectivity index (χ0n) is 17.0. The molecule has 0 radical (unpaired) electrons. The maximum absolute atomic E-state index is 12.3. The molecule has 1 aliphatic rings. The first-order chi connectivity index (χ1) is 14.1. The smallest absolute Gasteiger partial charge is 0.220 e. The number of nitrogens with zero attached hydrogens (tertiary/aromatic N) is 4. The van der Waals surface area contributed by atoms with Crippen LogP contribution in [0.3, 0.4) is 0 Å². The summed E-state index contributed by atoms with van der Waals surface area (Å²) in [5, 5.41) is 7.50. The summed E-state index contributed by atoms with van der Waals surface area (Å²) < 4.78 is 6.84. The molecule has 152 valence electrons. The molecule has 29 heavy (non-hydrogen) atoms. The Morgan fingerprint density at radius 3 is 2.76 bits per heavy atom. The Kier molecular flexibility index (Phi) is 5.74. The van der Waals surface area contributed by atoms with Gasteiger partial charge < -0.3 is 10.1 Å². The maximum atomic E-state index is 12.3. The highest BCUT2D eigenvalue weighted by Crippen LogP contribution is 2.28. The number of aromatic nitrogens is 4. The van der Waals surface area contributed by atoms with Gasteiger partial charge in [0.05, 0.1) is 18.8 Å². The minimum atomic E-state index is -0.240. The summed E-state index contributed by atoms with van der Waals surface area (Å²) in [7, 11) is 1.64. The van der Waals surface area contributed by atoms with Crippen molar-refractivity contribution in [1.82, 2.24) is 24.9 Å². The van der Waals surface area contributed by atoms with Crippen LogP contribution >= 0.6 is 0 Å². The zero-order chi connectivity index (χ0) is 20.2. The van der Waals surface area contributed by atoms with Crippen molar-refractivity contribution in [2.24, 2.45) is 5.92 Å². The summed E-state index contributed by atoms with van der Waals surface area (Å²) in [5.74, 6) is 2.18. The molecule has 1 amide bonds. The maximum Gasteiger partial charge on any atom is 0.220 e. The number of hydrogen-bond acceptors (Lipinski definition) is 5. The van der Waals surface area contributed by atoms with Crippen molar-refractivity contribution in [2.45, 2.75) is 51.5 Å². The summed E-state index contributed by atoms with van der Waals surface area (Å²) in [6, 6.07) is 9.38. The lowest BCUT2D eigenvalue weighted by molar-refractivity contribution is -0.122. The van der Waals surface area contributed by atoms with E-state index in [2.05, 4.69) is 20.4 Å². The van der Waals surface area contributed by atoms with Gasteiger partial charge >= 0.3 is 0 Å². The number of carbonyl (C=O) groups is 1. The van der Waals surface area contributed by atoms with Crippen LogP contribution in [0.5, 0.6) is 5.75 Å². The molecule has 0 spiro atoms. The lowest BCUT2D eigenvalue weighted by Gasteiger charge is -2.12. The van der Waals surface area contributed by atoms with E-state index in [-0.39, 0.29) is 11.9 Å². The Hall–Kier alpha value is -2.96. The van der Waals surface area contributed by atoms with Crippen LogP contribution < -0.4 is 10.1 Å². The number of ether oxygens (including phenoxy) is 1. The fraction of sp³-hybridized carbons (Fsp3) is 0.455. The highest BCUT2D eigenvalue weighted by Gasteiger charge is 2.19. The van der Waals surface area contributed by atoms with E-state index in [1.165, 1.54) is 25.7 Å². The fourth-order valence-corrected chi connectivity index (χ4v) is 3.93. The Morgan fingerprint density at radius 1 is 1.28 bits per heavy atom. The Balaban J connectivity index is 1.42. The molecule has 0 bridgehead atoms. The summed E-state index contributed by atoms with van der Waals surface area (Å²) in [5.41, 5.74) is 2.49. The average molecular weight is 393 g/mol. The van der Waals surface area contributed by atoms with Gasteiger partial charge in [-0.15, -0.1) is 5.10 Å². The van der Waals surface area contributed by atoms with Gasteiger partial charge in [-0.3, -0.25) is 4.79 Å². The predicted molar refractivity (Wildman–Crippen MR) is 111 cm³/mol. The van der Waals surface area contributed by atoms with Crippen molar-refractivity contribution >= 4 is 11.6 Å². The molecule has 1 fully saturated rings.